The minimum Gasteiger partial charge on any atom is -0.283 e. The molecule has 0 aliphatic rings. The number of imidazole rings is 1. The third kappa shape index (κ3) is 2.82. The van der Waals surface area contributed by atoms with Gasteiger partial charge in [0.15, 0.2) is 17.0 Å². The normalized spacial score (nSPS) is 11.2. The Labute approximate surface area is 165 Å². The van der Waals surface area contributed by atoms with Gasteiger partial charge in [-0.15, -0.1) is 0 Å². The standard InChI is InChI=1S/C20H14ClN7/c1-13-3-2-4-14(11-13)16-7-10-28(26-16)19-17-18(24-20(21)25-19)27(12-23-17)15-5-8-22-9-6-15/h2-12H,1H3. The van der Waals surface area contributed by atoms with E-state index in [9.17, 15) is 0 Å². The summed E-state index contributed by atoms with van der Waals surface area (Å²) in [7, 11) is 0. The van der Waals surface area contributed by atoms with Crippen LogP contribution in [0.15, 0.2) is 67.4 Å². The summed E-state index contributed by atoms with van der Waals surface area (Å²) in [6, 6.07) is 13.9. The van der Waals surface area contributed by atoms with Crippen LogP contribution in [0.1, 0.15) is 5.56 Å². The number of rotatable bonds is 3. The zero-order chi connectivity index (χ0) is 19.1. The number of aromatic nitrogens is 7. The van der Waals surface area contributed by atoms with Crippen LogP contribution in [0.4, 0.5) is 0 Å². The number of nitrogens with zero attached hydrogens (tertiary/aromatic N) is 7. The van der Waals surface area contributed by atoms with Crippen molar-refractivity contribution >= 4 is 22.8 Å². The molecule has 0 N–H and O–H groups in total. The van der Waals surface area contributed by atoms with Crippen molar-refractivity contribution in [3.05, 3.63) is 78.2 Å². The lowest BCUT2D eigenvalue weighted by atomic mass is 10.1. The minimum absolute atomic E-state index is 0.130. The number of hydrogen-bond acceptors (Lipinski definition) is 5. The average molecular weight is 388 g/mol. The van der Waals surface area contributed by atoms with E-state index >= 15 is 0 Å². The van der Waals surface area contributed by atoms with Crippen LogP contribution in [0.2, 0.25) is 5.28 Å². The Morgan fingerprint density at radius 3 is 2.68 bits per heavy atom. The van der Waals surface area contributed by atoms with Gasteiger partial charge < -0.3 is 0 Å². The van der Waals surface area contributed by atoms with E-state index in [4.69, 9.17) is 11.6 Å². The molecule has 0 unspecified atom stereocenters. The van der Waals surface area contributed by atoms with E-state index in [0.29, 0.717) is 17.0 Å². The molecule has 7 nitrogen and oxygen atoms in total. The van der Waals surface area contributed by atoms with Crippen LogP contribution < -0.4 is 0 Å². The second-order valence-corrected chi connectivity index (χ2v) is 6.66. The Bertz CT molecular complexity index is 1290. The number of fused-ring (bicyclic) bond motifs is 1. The molecule has 4 aromatic heterocycles. The van der Waals surface area contributed by atoms with Gasteiger partial charge in [-0.2, -0.15) is 15.1 Å². The van der Waals surface area contributed by atoms with Crippen LogP contribution in [0.5, 0.6) is 0 Å². The van der Waals surface area contributed by atoms with Crippen molar-refractivity contribution < 1.29 is 0 Å². The molecule has 0 saturated heterocycles. The second-order valence-electron chi connectivity index (χ2n) is 6.32. The van der Waals surface area contributed by atoms with E-state index in [0.717, 1.165) is 16.9 Å². The molecule has 0 radical (unpaired) electrons. The molecule has 0 fully saturated rings. The van der Waals surface area contributed by atoms with E-state index in [2.05, 4.69) is 44.1 Å². The second kappa shape index (κ2) is 6.54. The van der Waals surface area contributed by atoms with E-state index in [1.807, 2.05) is 41.1 Å². The summed E-state index contributed by atoms with van der Waals surface area (Å²) in [4.78, 5) is 17.3. The van der Waals surface area contributed by atoms with E-state index in [1.54, 1.807) is 23.4 Å². The van der Waals surface area contributed by atoms with Crippen LogP contribution in [-0.4, -0.2) is 34.3 Å². The molecule has 4 heterocycles. The molecule has 1 aromatic carbocycles. The Balaban J connectivity index is 1.65. The third-order valence-electron chi connectivity index (χ3n) is 4.41. The topological polar surface area (TPSA) is 74.3 Å². The summed E-state index contributed by atoms with van der Waals surface area (Å²) >= 11 is 6.22. The van der Waals surface area contributed by atoms with E-state index in [-0.39, 0.29) is 5.28 Å². The Morgan fingerprint density at radius 2 is 1.86 bits per heavy atom. The van der Waals surface area contributed by atoms with Gasteiger partial charge in [0.2, 0.25) is 5.28 Å². The van der Waals surface area contributed by atoms with Crippen LogP contribution >= 0.6 is 11.6 Å². The number of pyridine rings is 1. The van der Waals surface area contributed by atoms with Gasteiger partial charge in [0.05, 0.1) is 11.4 Å². The first kappa shape index (κ1) is 16.6. The zero-order valence-electron chi connectivity index (χ0n) is 14.9. The van der Waals surface area contributed by atoms with Crippen LogP contribution in [-0.2, 0) is 0 Å². The molecule has 5 aromatic rings. The molecule has 0 saturated carbocycles. The highest BCUT2D eigenvalue weighted by Crippen LogP contribution is 2.24. The Morgan fingerprint density at radius 1 is 1.00 bits per heavy atom. The van der Waals surface area contributed by atoms with Gasteiger partial charge in [-0.1, -0.05) is 23.8 Å². The van der Waals surface area contributed by atoms with Gasteiger partial charge in [0, 0.05) is 24.2 Å². The first-order valence-corrected chi connectivity index (χ1v) is 9.01. The lowest BCUT2D eigenvalue weighted by Crippen LogP contribution is -2.03. The molecule has 28 heavy (non-hydrogen) atoms. The summed E-state index contributed by atoms with van der Waals surface area (Å²) in [6.45, 7) is 2.06. The fourth-order valence-corrected chi connectivity index (χ4v) is 3.27. The van der Waals surface area contributed by atoms with Gasteiger partial charge in [-0.05, 0) is 42.8 Å². The first-order chi connectivity index (χ1) is 13.7. The largest absolute Gasteiger partial charge is 0.283 e. The summed E-state index contributed by atoms with van der Waals surface area (Å²) in [5.41, 5.74) is 5.17. The van der Waals surface area contributed by atoms with Gasteiger partial charge in [0.1, 0.15) is 6.33 Å². The maximum atomic E-state index is 6.22. The predicted octanol–water partition coefficient (Wildman–Crippen LogP) is 4.03. The molecule has 0 aliphatic carbocycles. The molecule has 5 rings (SSSR count). The van der Waals surface area contributed by atoms with Crippen molar-refractivity contribution in [3.63, 3.8) is 0 Å². The van der Waals surface area contributed by atoms with E-state index < -0.39 is 0 Å². The SMILES string of the molecule is Cc1cccc(-c2ccn(-c3nc(Cl)nc4c3ncn4-c3ccncc3)n2)c1. The smallest absolute Gasteiger partial charge is 0.226 e. The van der Waals surface area contributed by atoms with Crippen molar-refractivity contribution in [1.29, 1.82) is 0 Å². The average Bonchev–Trinajstić information content (AvgIpc) is 3.35. The molecule has 0 bridgehead atoms. The molecular formula is C20H14ClN7. The van der Waals surface area contributed by atoms with Gasteiger partial charge in [0.25, 0.3) is 0 Å². The number of aryl methyl sites for hydroxylation is 1. The summed E-state index contributed by atoms with van der Waals surface area (Å²) in [6.07, 6.45) is 6.97. The molecule has 0 atom stereocenters. The maximum Gasteiger partial charge on any atom is 0.226 e. The molecule has 8 heteroatoms. The summed E-state index contributed by atoms with van der Waals surface area (Å²) in [5, 5.41) is 4.80. The first-order valence-electron chi connectivity index (χ1n) is 8.63. The van der Waals surface area contributed by atoms with Gasteiger partial charge in [-0.25, -0.2) is 9.67 Å². The van der Waals surface area contributed by atoms with E-state index in [1.165, 1.54) is 5.56 Å². The molecule has 0 aliphatic heterocycles. The highest BCUT2D eigenvalue weighted by atomic mass is 35.5. The summed E-state index contributed by atoms with van der Waals surface area (Å²) in [5.74, 6) is 0.529. The fraction of sp³-hybridized carbons (Fsp3) is 0.0500. The fourth-order valence-electron chi connectivity index (χ4n) is 3.11. The van der Waals surface area contributed by atoms with Crippen LogP contribution in [0.25, 0.3) is 33.9 Å². The number of halogens is 1. The number of benzene rings is 1. The molecule has 0 spiro atoms. The predicted molar refractivity (Wildman–Crippen MR) is 107 cm³/mol. The number of hydrogen-bond donors (Lipinski definition) is 0. The van der Waals surface area contributed by atoms with Crippen molar-refractivity contribution in [2.24, 2.45) is 0 Å². The minimum atomic E-state index is 0.130. The van der Waals surface area contributed by atoms with Crippen molar-refractivity contribution in [2.75, 3.05) is 0 Å². The zero-order valence-corrected chi connectivity index (χ0v) is 15.6. The highest BCUT2D eigenvalue weighted by molar-refractivity contribution is 6.28. The van der Waals surface area contributed by atoms with Gasteiger partial charge >= 0.3 is 0 Å². The highest BCUT2D eigenvalue weighted by Gasteiger charge is 2.16. The molecule has 0 amide bonds. The van der Waals surface area contributed by atoms with Crippen molar-refractivity contribution in [2.45, 2.75) is 6.92 Å². The van der Waals surface area contributed by atoms with Gasteiger partial charge in [-0.3, -0.25) is 9.55 Å². The van der Waals surface area contributed by atoms with Crippen LogP contribution in [0, 0.1) is 6.92 Å². The monoisotopic (exact) mass is 387 g/mol. The molecule has 136 valence electrons. The Hall–Kier alpha value is -3.58. The summed E-state index contributed by atoms with van der Waals surface area (Å²) < 4.78 is 3.52. The quantitative estimate of drug-likeness (QED) is 0.437. The third-order valence-corrected chi connectivity index (χ3v) is 4.58. The molecular weight excluding hydrogens is 374 g/mol. The van der Waals surface area contributed by atoms with Crippen molar-refractivity contribution in [1.82, 2.24) is 34.3 Å². The van der Waals surface area contributed by atoms with Crippen LogP contribution in [0.3, 0.4) is 0 Å². The van der Waals surface area contributed by atoms with Crippen molar-refractivity contribution in [3.8, 4) is 22.8 Å². The Kier molecular flexibility index (Phi) is 3.87. The lowest BCUT2D eigenvalue weighted by molar-refractivity contribution is 0.851. The lowest BCUT2D eigenvalue weighted by Gasteiger charge is -2.05. The maximum absolute atomic E-state index is 6.22.